The molecule has 3 aromatic rings. The molecular weight excluding hydrogens is 400 g/mol. The number of hydrogen-bond donors (Lipinski definition) is 1. The minimum atomic E-state index is -0.971. The third-order valence-electron chi connectivity index (χ3n) is 4.64. The van der Waals surface area contributed by atoms with Crippen LogP contribution in [0.5, 0.6) is 0 Å². The predicted molar refractivity (Wildman–Crippen MR) is 116 cm³/mol. The second kappa shape index (κ2) is 9.58. The molecule has 30 heavy (non-hydrogen) atoms. The number of hydrogen-bond acceptors (Lipinski definition) is 6. The highest BCUT2D eigenvalue weighted by Gasteiger charge is 2.30. The van der Waals surface area contributed by atoms with Crippen molar-refractivity contribution < 1.29 is 14.3 Å². The van der Waals surface area contributed by atoms with Gasteiger partial charge in [-0.1, -0.05) is 18.2 Å². The first-order valence-electron chi connectivity index (χ1n) is 9.55. The Morgan fingerprint density at radius 2 is 1.93 bits per heavy atom. The first-order valence-corrected chi connectivity index (χ1v) is 10.8. The van der Waals surface area contributed by atoms with Crippen LogP contribution in [0.1, 0.15) is 40.3 Å². The van der Waals surface area contributed by atoms with Crippen molar-refractivity contribution in [3.05, 3.63) is 71.2 Å². The van der Waals surface area contributed by atoms with Crippen LogP contribution in [0.15, 0.2) is 53.7 Å². The molecule has 0 aliphatic carbocycles. The predicted octanol–water partition coefficient (Wildman–Crippen LogP) is 3.64. The van der Waals surface area contributed by atoms with Gasteiger partial charge in [-0.15, -0.1) is 11.8 Å². The van der Waals surface area contributed by atoms with E-state index in [0.717, 1.165) is 16.4 Å². The second-order valence-corrected chi connectivity index (χ2v) is 7.40. The van der Waals surface area contributed by atoms with Gasteiger partial charge in [-0.2, -0.15) is 5.10 Å². The Kier molecular flexibility index (Phi) is 6.89. The highest BCUT2D eigenvalue weighted by Crippen LogP contribution is 2.26. The maximum atomic E-state index is 12.9. The molecule has 0 radical (unpaired) electrons. The van der Waals surface area contributed by atoms with Crippen molar-refractivity contribution >= 4 is 23.6 Å². The van der Waals surface area contributed by atoms with Crippen LogP contribution in [0.25, 0.3) is 5.69 Å². The van der Waals surface area contributed by atoms with E-state index in [4.69, 9.17) is 4.74 Å². The molecule has 0 saturated heterocycles. The molecule has 8 heteroatoms. The molecule has 2 aromatic heterocycles. The number of benzene rings is 1. The zero-order valence-corrected chi connectivity index (χ0v) is 18.2. The number of rotatable bonds is 7. The van der Waals surface area contributed by atoms with E-state index in [9.17, 15) is 9.59 Å². The minimum absolute atomic E-state index is 0.210. The lowest BCUT2D eigenvalue weighted by Gasteiger charge is -2.18. The number of thioether (sulfide) groups is 1. The van der Waals surface area contributed by atoms with Crippen molar-refractivity contribution in [3.63, 3.8) is 0 Å². The summed E-state index contributed by atoms with van der Waals surface area (Å²) in [5.74, 6) is -0.902. The van der Waals surface area contributed by atoms with Gasteiger partial charge in [0.2, 0.25) is 0 Å². The molecule has 0 fully saturated rings. The summed E-state index contributed by atoms with van der Waals surface area (Å²) < 4.78 is 7.02. The smallest absolute Gasteiger partial charge is 0.333 e. The highest BCUT2D eigenvalue weighted by molar-refractivity contribution is 7.98. The molecule has 1 atom stereocenters. The standard InChI is InChI=1S/C22H24N4O3S/c1-5-29-22(28)20(24-21(27)16-11-12-23-18(13-16)30-4)19-14(2)25-26(15(19)3)17-9-7-6-8-10-17/h6-13,20H,5H2,1-4H3,(H,24,27)/t20-/m0/s1. The second-order valence-electron chi connectivity index (χ2n) is 6.58. The Morgan fingerprint density at radius 1 is 1.20 bits per heavy atom. The van der Waals surface area contributed by atoms with Crippen LogP contribution in [0.2, 0.25) is 0 Å². The van der Waals surface area contributed by atoms with Crippen LogP contribution >= 0.6 is 11.8 Å². The SMILES string of the molecule is CCOC(=O)[C@@H](NC(=O)c1ccnc(SC)c1)c1c(C)nn(-c2ccccc2)c1C. The summed E-state index contributed by atoms with van der Waals surface area (Å²) in [7, 11) is 0. The van der Waals surface area contributed by atoms with Crippen molar-refractivity contribution in [2.24, 2.45) is 0 Å². The van der Waals surface area contributed by atoms with Crippen LogP contribution in [0.4, 0.5) is 0 Å². The highest BCUT2D eigenvalue weighted by atomic mass is 32.2. The van der Waals surface area contributed by atoms with Gasteiger partial charge in [0.1, 0.15) is 0 Å². The first-order chi connectivity index (χ1) is 14.5. The number of amides is 1. The lowest BCUT2D eigenvalue weighted by Crippen LogP contribution is -2.35. The van der Waals surface area contributed by atoms with E-state index >= 15 is 0 Å². The molecule has 7 nitrogen and oxygen atoms in total. The van der Waals surface area contributed by atoms with E-state index in [-0.39, 0.29) is 12.5 Å². The van der Waals surface area contributed by atoms with Gasteiger partial charge in [-0.05, 0) is 51.3 Å². The number of para-hydroxylation sites is 1. The molecule has 156 valence electrons. The maximum absolute atomic E-state index is 12.9. The van der Waals surface area contributed by atoms with Crippen LogP contribution < -0.4 is 5.32 Å². The van der Waals surface area contributed by atoms with E-state index < -0.39 is 12.0 Å². The average Bonchev–Trinajstić information content (AvgIpc) is 3.06. The third-order valence-corrected chi connectivity index (χ3v) is 5.28. The number of ether oxygens (including phenoxy) is 1. The largest absolute Gasteiger partial charge is 0.464 e. The van der Waals surface area contributed by atoms with Gasteiger partial charge in [0.05, 0.1) is 23.0 Å². The molecule has 0 saturated carbocycles. The molecule has 0 aliphatic rings. The van der Waals surface area contributed by atoms with E-state index in [1.165, 1.54) is 11.8 Å². The maximum Gasteiger partial charge on any atom is 0.333 e. The van der Waals surface area contributed by atoms with Crippen LogP contribution in [0, 0.1) is 13.8 Å². The average molecular weight is 425 g/mol. The lowest BCUT2D eigenvalue weighted by atomic mass is 10.0. The molecule has 1 amide bonds. The number of nitrogens with zero attached hydrogens (tertiary/aromatic N) is 3. The molecule has 0 bridgehead atoms. The summed E-state index contributed by atoms with van der Waals surface area (Å²) in [6.07, 6.45) is 3.46. The Morgan fingerprint density at radius 3 is 2.60 bits per heavy atom. The number of esters is 1. The summed E-state index contributed by atoms with van der Waals surface area (Å²) >= 11 is 1.44. The van der Waals surface area contributed by atoms with Gasteiger partial charge in [0.15, 0.2) is 6.04 Å². The van der Waals surface area contributed by atoms with E-state index in [1.54, 1.807) is 29.9 Å². The van der Waals surface area contributed by atoms with Gasteiger partial charge in [-0.25, -0.2) is 14.5 Å². The minimum Gasteiger partial charge on any atom is -0.464 e. The van der Waals surface area contributed by atoms with Crippen molar-refractivity contribution in [3.8, 4) is 5.69 Å². The molecule has 0 aliphatic heterocycles. The normalized spacial score (nSPS) is 11.7. The van der Waals surface area contributed by atoms with Gasteiger partial charge >= 0.3 is 5.97 Å². The fraction of sp³-hybridized carbons (Fsp3) is 0.273. The fourth-order valence-electron chi connectivity index (χ4n) is 3.24. The number of nitrogens with one attached hydrogen (secondary N) is 1. The number of pyridine rings is 1. The monoisotopic (exact) mass is 424 g/mol. The number of carbonyl (C=O) groups is 2. The quantitative estimate of drug-likeness (QED) is 0.460. The lowest BCUT2D eigenvalue weighted by molar-refractivity contribution is -0.145. The molecule has 3 rings (SSSR count). The number of aryl methyl sites for hydroxylation is 1. The van der Waals surface area contributed by atoms with Gasteiger partial charge < -0.3 is 10.1 Å². The van der Waals surface area contributed by atoms with Crippen molar-refractivity contribution in [1.82, 2.24) is 20.1 Å². The van der Waals surface area contributed by atoms with E-state index in [1.807, 2.05) is 50.4 Å². The first kappa shape index (κ1) is 21.6. The van der Waals surface area contributed by atoms with Crippen LogP contribution in [-0.4, -0.2) is 39.5 Å². The van der Waals surface area contributed by atoms with Gasteiger partial charge in [0, 0.05) is 23.0 Å². The molecular formula is C22H24N4O3S. The van der Waals surface area contributed by atoms with Crippen molar-refractivity contribution in [1.29, 1.82) is 0 Å². The summed E-state index contributed by atoms with van der Waals surface area (Å²) in [6, 6.07) is 12.0. The summed E-state index contributed by atoms with van der Waals surface area (Å²) in [5, 5.41) is 8.15. The summed E-state index contributed by atoms with van der Waals surface area (Å²) in [6.45, 7) is 5.64. The third kappa shape index (κ3) is 4.54. The topological polar surface area (TPSA) is 86.1 Å². The van der Waals surface area contributed by atoms with Gasteiger partial charge in [0.25, 0.3) is 5.91 Å². The fourth-order valence-corrected chi connectivity index (χ4v) is 3.66. The van der Waals surface area contributed by atoms with Crippen LogP contribution in [-0.2, 0) is 9.53 Å². The molecule has 1 N–H and O–H groups in total. The van der Waals surface area contributed by atoms with Crippen molar-refractivity contribution in [2.45, 2.75) is 31.8 Å². The Bertz CT molecular complexity index is 1050. The molecule has 2 heterocycles. The Hall–Kier alpha value is -3.13. The number of aromatic nitrogens is 3. The molecule has 0 unspecified atom stereocenters. The van der Waals surface area contributed by atoms with Crippen molar-refractivity contribution in [2.75, 3.05) is 12.9 Å². The summed E-state index contributed by atoms with van der Waals surface area (Å²) in [5.41, 5.74) is 3.34. The summed E-state index contributed by atoms with van der Waals surface area (Å²) in [4.78, 5) is 29.9. The van der Waals surface area contributed by atoms with Gasteiger partial charge in [-0.3, -0.25) is 4.79 Å². The van der Waals surface area contributed by atoms with Crippen LogP contribution in [0.3, 0.4) is 0 Å². The van der Waals surface area contributed by atoms with E-state index in [0.29, 0.717) is 16.8 Å². The Labute approximate surface area is 179 Å². The number of carbonyl (C=O) groups excluding carboxylic acids is 2. The van der Waals surface area contributed by atoms with E-state index in [2.05, 4.69) is 15.4 Å². The molecule has 1 aromatic carbocycles. The Balaban J connectivity index is 1.99. The molecule has 0 spiro atoms. The zero-order valence-electron chi connectivity index (χ0n) is 17.4. The zero-order chi connectivity index (χ0) is 21.7.